The van der Waals surface area contributed by atoms with Crippen molar-refractivity contribution in [3.8, 4) is 5.88 Å². The Kier molecular flexibility index (Phi) is 5.75. The summed E-state index contributed by atoms with van der Waals surface area (Å²) < 4.78 is 14.4. The molecule has 0 spiro atoms. The number of hydrogen-bond acceptors (Lipinski definition) is 5. The molecule has 0 aliphatic carbocycles. The number of nitrogens with zero attached hydrogens (tertiary/aromatic N) is 3. The van der Waals surface area contributed by atoms with Gasteiger partial charge in [-0.05, 0) is 17.8 Å². The lowest BCUT2D eigenvalue weighted by molar-refractivity contribution is 0.295. The van der Waals surface area contributed by atoms with Crippen molar-refractivity contribution in [3.05, 3.63) is 59.9 Å². The fourth-order valence-electron chi connectivity index (χ4n) is 2.03. The van der Waals surface area contributed by atoms with Gasteiger partial charge in [-0.3, -0.25) is 0 Å². The van der Waals surface area contributed by atoms with E-state index in [0.717, 1.165) is 23.4 Å². The van der Waals surface area contributed by atoms with Crippen LogP contribution in [0, 0.1) is 0 Å². The van der Waals surface area contributed by atoms with Gasteiger partial charge >= 0.3 is 0 Å². The molecule has 0 saturated carbocycles. The Morgan fingerprint density at radius 1 is 1.24 bits per heavy atom. The Bertz CT molecular complexity index is 639. The second-order valence-corrected chi connectivity index (χ2v) is 5.17. The molecule has 110 valence electrons. The molecule has 0 unspecified atom stereocenters. The zero-order valence-corrected chi connectivity index (χ0v) is 14.7. The Hall–Kier alpha value is -1.41. The standard InChI is InChI=1S/C15H15N3OS.HI/c1-18-9-5-8-13(10-18)14-15(17-20-16-14)19-11-12-6-3-2-4-7-12;/h2-9H,10-11H2,1H3;1H. The van der Waals surface area contributed by atoms with E-state index >= 15 is 0 Å². The summed E-state index contributed by atoms with van der Waals surface area (Å²) in [5, 5.41) is 0. The van der Waals surface area contributed by atoms with Gasteiger partial charge in [0.05, 0.1) is 11.7 Å². The molecule has 3 rings (SSSR count). The van der Waals surface area contributed by atoms with E-state index in [0.29, 0.717) is 12.5 Å². The van der Waals surface area contributed by atoms with Gasteiger partial charge in [0, 0.05) is 19.2 Å². The van der Waals surface area contributed by atoms with Crippen LogP contribution < -0.4 is 4.74 Å². The maximum atomic E-state index is 5.81. The fourth-order valence-corrected chi connectivity index (χ4v) is 2.56. The summed E-state index contributed by atoms with van der Waals surface area (Å²) in [6, 6.07) is 10.1. The van der Waals surface area contributed by atoms with E-state index in [1.165, 1.54) is 11.7 Å². The zero-order valence-electron chi connectivity index (χ0n) is 11.6. The highest BCUT2D eigenvalue weighted by Gasteiger charge is 2.16. The van der Waals surface area contributed by atoms with Crippen molar-refractivity contribution in [1.29, 1.82) is 0 Å². The van der Waals surface area contributed by atoms with Crippen LogP contribution in [0.25, 0.3) is 5.57 Å². The maximum absolute atomic E-state index is 5.81. The first kappa shape index (κ1) is 16.0. The number of likely N-dealkylation sites (N-methyl/N-ethyl adjacent to an activating group) is 1. The molecule has 1 aromatic heterocycles. The van der Waals surface area contributed by atoms with Crippen LogP contribution in [0.1, 0.15) is 11.3 Å². The van der Waals surface area contributed by atoms with E-state index in [4.69, 9.17) is 4.74 Å². The molecule has 1 aliphatic heterocycles. The van der Waals surface area contributed by atoms with Crippen LogP contribution in [0.3, 0.4) is 0 Å². The van der Waals surface area contributed by atoms with Gasteiger partial charge in [-0.15, -0.1) is 28.4 Å². The molecule has 0 bridgehead atoms. The molecule has 4 nitrogen and oxygen atoms in total. The average Bonchev–Trinajstić information content (AvgIpc) is 2.95. The molecule has 1 aromatic carbocycles. The van der Waals surface area contributed by atoms with E-state index in [1.54, 1.807) is 0 Å². The molecule has 2 aromatic rings. The van der Waals surface area contributed by atoms with Gasteiger partial charge in [0.25, 0.3) is 5.88 Å². The van der Waals surface area contributed by atoms with E-state index in [2.05, 4.69) is 19.7 Å². The van der Waals surface area contributed by atoms with Crippen molar-refractivity contribution in [1.82, 2.24) is 13.6 Å². The predicted octanol–water partition coefficient (Wildman–Crippen LogP) is 3.58. The molecule has 21 heavy (non-hydrogen) atoms. The first-order chi connectivity index (χ1) is 9.83. The molecule has 0 amide bonds. The SMILES string of the molecule is CN1C=CC=C(c2nsnc2OCc2ccccc2)C1.I. The van der Waals surface area contributed by atoms with Crippen LogP contribution in [0.2, 0.25) is 0 Å². The largest absolute Gasteiger partial charge is 0.471 e. The highest BCUT2D eigenvalue weighted by Crippen LogP contribution is 2.26. The molecular weight excluding hydrogens is 397 g/mol. The first-order valence-electron chi connectivity index (χ1n) is 6.40. The molecular formula is C15H16IN3OS. The minimum Gasteiger partial charge on any atom is -0.471 e. The number of allylic oxidation sites excluding steroid dienone is 2. The van der Waals surface area contributed by atoms with Crippen molar-refractivity contribution >= 4 is 41.3 Å². The normalized spacial score (nSPS) is 13.6. The molecule has 1 aliphatic rings. The molecule has 6 heteroatoms. The number of hydrogen-bond donors (Lipinski definition) is 0. The van der Waals surface area contributed by atoms with Crippen LogP contribution in [0.15, 0.2) is 48.7 Å². The molecule has 0 N–H and O–H groups in total. The van der Waals surface area contributed by atoms with Gasteiger partial charge in [-0.1, -0.05) is 36.4 Å². The highest BCUT2D eigenvalue weighted by atomic mass is 127. The fraction of sp³-hybridized carbons (Fsp3) is 0.200. The van der Waals surface area contributed by atoms with Crippen LogP contribution in [0.5, 0.6) is 5.88 Å². The topological polar surface area (TPSA) is 38.2 Å². The number of halogens is 1. The van der Waals surface area contributed by atoms with Crippen molar-refractivity contribution in [2.45, 2.75) is 6.61 Å². The molecule has 0 atom stereocenters. The van der Waals surface area contributed by atoms with Gasteiger partial charge in [0.2, 0.25) is 0 Å². The number of rotatable bonds is 4. The third-order valence-corrected chi connectivity index (χ3v) is 3.55. The average molecular weight is 413 g/mol. The molecule has 0 saturated heterocycles. The van der Waals surface area contributed by atoms with E-state index in [9.17, 15) is 0 Å². The van der Waals surface area contributed by atoms with Gasteiger partial charge in [-0.2, -0.15) is 4.37 Å². The van der Waals surface area contributed by atoms with Gasteiger partial charge in [0.15, 0.2) is 0 Å². The number of benzene rings is 1. The Labute approximate surface area is 145 Å². The van der Waals surface area contributed by atoms with Crippen molar-refractivity contribution in [3.63, 3.8) is 0 Å². The van der Waals surface area contributed by atoms with Crippen molar-refractivity contribution in [2.24, 2.45) is 0 Å². The summed E-state index contributed by atoms with van der Waals surface area (Å²) in [7, 11) is 2.04. The second kappa shape index (κ2) is 7.56. The maximum Gasteiger partial charge on any atom is 0.254 e. The smallest absolute Gasteiger partial charge is 0.254 e. The summed E-state index contributed by atoms with van der Waals surface area (Å²) in [5.74, 6) is 0.619. The first-order valence-corrected chi connectivity index (χ1v) is 7.13. The minimum absolute atomic E-state index is 0. The monoisotopic (exact) mass is 413 g/mol. The van der Waals surface area contributed by atoms with Crippen LogP contribution >= 0.6 is 35.7 Å². The Morgan fingerprint density at radius 3 is 2.81 bits per heavy atom. The summed E-state index contributed by atoms with van der Waals surface area (Å²) >= 11 is 1.19. The summed E-state index contributed by atoms with van der Waals surface area (Å²) in [5.41, 5.74) is 3.11. The zero-order chi connectivity index (χ0) is 13.8. The van der Waals surface area contributed by atoms with Gasteiger partial charge in [0.1, 0.15) is 12.3 Å². The lowest BCUT2D eigenvalue weighted by atomic mass is 10.1. The van der Waals surface area contributed by atoms with E-state index < -0.39 is 0 Å². The molecule has 2 heterocycles. The van der Waals surface area contributed by atoms with Crippen LogP contribution in [-0.4, -0.2) is 27.2 Å². The summed E-state index contributed by atoms with van der Waals surface area (Å²) in [4.78, 5) is 2.11. The third kappa shape index (κ3) is 4.04. The van der Waals surface area contributed by atoms with Crippen molar-refractivity contribution in [2.75, 3.05) is 13.6 Å². The van der Waals surface area contributed by atoms with Gasteiger partial charge < -0.3 is 9.64 Å². The second-order valence-electron chi connectivity index (χ2n) is 4.64. The van der Waals surface area contributed by atoms with Crippen LogP contribution in [0.4, 0.5) is 0 Å². The van der Waals surface area contributed by atoms with Crippen LogP contribution in [-0.2, 0) is 6.61 Å². The van der Waals surface area contributed by atoms with Gasteiger partial charge in [-0.25, -0.2) is 0 Å². The summed E-state index contributed by atoms with van der Waals surface area (Å²) in [6.45, 7) is 1.34. The van der Waals surface area contributed by atoms with E-state index in [-0.39, 0.29) is 24.0 Å². The highest BCUT2D eigenvalue weighted by molar-refractivity contribution is 14.0. The molecule has 0 fully saturated rings. The Morgan fingerprint density at radius 2 is 2.05 bits per heavy atom. The minimum atomic E-state index is 0. The number of aromatic nitrogens is 2. The Balaban J connectivity index is 0.00000161. The third-order valence-electron chi connectivity index (χ3n) is 3.04. The lowest BCUT2D eigenvalue weighted by Crippen LogP contribution is -2.16. The summed E-state index contributed by atoms with van der Waals surface area (Å²) in [6.07, 6.45) is 6.11. The number of ether oxygens (including phenoxy) is 1. The lowest BCUT2D eigenvalue weighted by Gasteiger charge is -2.18. The predicted molar refractivity (Wildman–Crippen MR) is 95.8 cm³/mol. The van der Waals surface area contributed by atoms with Crippen molar-refractivity contribution < 1.29 is 4.74 Å². The molecule has 0 radical (unpaired) electrons. The van der Waals surface area contributed by atoms with E-state index in [1.807, 2.05) is 49.7 Å². The quantitative estimate of drug-likeness (QED) is 0.719.